The quantitative estimate of drug-likeness (QED) is 0.434. The second-order valence-electron chi connectivity index (χ2n) is 9.11. The Balaban J connectivity index is 1.46. The highest BCUT2D eigenvalue weighted by molar-refractivity contribution is 7.80. The molecule has 0 unspecified atom stereocenters. The second-order valence-corrected chi connectivity index (χ2v) is 9.52. The Kier molecular flexibility index (Phi) is 8.76. The molecule has 2 aromatic rings. The Labute approximate surface area is 208 Å². The van der Waals surface area contributed by atoms with E-state index < -0.39 is 0 Å². The number of rotatable bonds is 8. The van der Waals surface area contributed by atoms with E-state index in [1.807, 2.05) is 0 Å². The largest absolute Gasteiger partial charge is 0.385 e. The summed E-state index contributed by atoms with van der Waals surface area (Å²) in [6.45, 7) is 9.60. The van der Waals surface area contributed by atoms with Crippen molar-refractivity contribution >= 4 is 40.6 Å². The minimum Gasteiger partial charge on any atom is -0.385 e. The zero-order valence-electron chi connectivity index (χ0n) is 20.4. The van der Waals surface area contributed by atoms with Gasteiger partial charge in [-0.1, -0.05) is 25.1 Å². The van der Waals surface area contributed by atoms with E-state index in [0.29, 0.717) is 17.7 Å². The molecule has 1 aromatic carbocycles. The van der Waals surface area contributed by atoms with Crippen LogP contribution in [0.1, 0.15) is 26.2 Å². The molecule has 0 bridgehead atoms. The minimum atomic E-state index is 0.542. The summed E-state index contributed by atoms with van der Waals surface area (Å²) in [5.74, 6) is 3.26. The summed E-state index contributed by atoms with van der Waals surface area (Å²) in [6.07, 6.45) is 3.27. The van der Waals surface area contributed by atoms with E-state index in [1.165, 1.54) is 18.5 Å². The van der Waals surface area contributed by atoms with Gasteiger partial charge in [0.25, 0.3) is 0 Å². The van der Waals surface area contributed by atoms with Gasteiger partial charge in [0.05, 0.1) is 0 Å². The number of anilines is 4. The zero-order chi connectivity index (χ0) is 23.8. The van der Waals surface area contributed by atoms with E-state index in [0.717, 1.165) is 69.8 Å². The molecule has 184 valence electrons. The van der Waals surface area contributed by atoms with Gasteiger partial charge in [-0.2, -0.15) is 9.97 Å². The van der Waals surface area contributed by atoms with Gasteiger partial charge in [0.1, 0.15) is 11.6 Å². The molecule has 9 heteroatoms. The number of hydrogen-bond donors (Lipinski definition) is 2. The second kappa shape index (κ2) is 12.2. The van der Waals surface area contributed by atoms with Crippen LogP contribution < -0.4 is 25.3 Å². The molecule has 0 amide bonds. The summed E-state index contributed by atoms with van der Waals surface area (Å²) in [7, 11) is 1.71. The van der Waals surface area contributed by atoms with Crippen molar-refractivity contribution in [3.05, 3.63) is 36.4 Å². The van der Waals surface area contributed by atoms with Crippen LogP contribution in [0.2, 0.25) is 0 Å². The maximum Gasteiger partial charge on any atom is 0.232 e. The van der Waals surface area contributed by atoms with Gasteiger partial charge in [0, 0.05) is 71.3 Å². The Morgan fingerprint density at radius 2 is 1.59 bits per heavy atom. The summed E-state index contributed by atoms with van der Waals surface area (Å²) in [5, 5.41) is 6.98. The topological polar surface area (TPSA) is 68.8 Å². The maximum absolute atomic E-state index is 5.49. The fraction of sp³-hybridized carbons (Fsp3) is 0.560. The van der Waals surface area contributed by atoms with Gasteiger partial charge in [0.15, 0.2) is 5.11 Å². The predicted octanol–water partition coefficient (Wildman–Crippen LogP) is 3.36. The summed E-state index contributed by atoms with van der Waals surface area (Å²) in [5.41, 5.74) is 1.28. The fourth-order valence-corrected chi connectivity index (χ4v) is 4.63. The van der Waals surface area contributed by atoms with Gasteiger partial charge in [-0.05, 0) is 49.5 Å². The number of piperazine rings is 1. The molecule has 1 aromatic heterocycles. The Bertz CT molecular complexity index is 913. The highest BCUT2D eigenvalue weighted by atomic mass is 32.1. The van der Waals surface area contributed by atoms with Gasteiger partial charge < -0.3 is 30.1 Å². The van der Waals surface area contributed by atoms with Gasteiger partial charge >= 0.3 is 0 Å². The number of hydrogen-bond acceptors (Lipinski definition) is 7. The predicted molar refractivity (Wildman–Crippen MR) is 144 cm³/mol. The van der Waals surface area contributed by atoms with Crippen molar-refractivity contribution in [2.75, 3.05) is 79.5 Å². The lowest BCUT2D eigenvalue weighted by Gasteiger charge is -2.37. The van der Waals surface area contributed by atoms with E-state index in [-0.39, 0.29) is 0 Å². The first kappa shape index (κ1) is 24.5. The van der Waals surface area contributed by atoms with E-state index in [2.05, 4.69) is 68.7 Å². The van der Waals surface area contributed by atoms with Crippen LogP contribution in [-0.4, -0.2) is 74.6 Å². The van der Waals surface area contributed by atoms with Crippen molar-refractivity contribution in [2.24, 2.45) is 5.92 Å². The lowest BCUT2D eigenvalue weighted by Crippen LogP contribution is -2.47. The smallest absolute Gasteiger partial charge is 0.232 e. The molecule has 0 atom stereocenters. The molecule has 0 spiro atoms. The van der Waals surface area contributed by atoms with Crippen LogP contribution in [-0.2, 0) is 4.74 Å². The average Bonchev–Trinajstić information content (AvgIpc) is 2.87. The third kappa shape index (κ3) is 6.70. The van der Waals surface area contributed by atoms with Gasteiger partial charge in [-0.15, -0.1) is 0 Å². The SMILES string of the molecule is COCCCNC(=S)Nc1nc(N2CCC(C)CC2)cc(N2CCN(c3ccccc3)CC2)n1. The van der Waals surface area contributed by atoms with Crippen LogP contribution in [0.15, 0.2) is 36.4 Å². The molecule has 2 aliphatic heterocycles. The number of methoxy groups -OCH3 is 1. The Morgan fingerprint density at radius 3 is 2.24 bits per heavy atom. The monoisotopic (exact) mass is 483 g/mol. The molecule has 8 nitrogen and oxygen atoms in total. The van der Waals surface area contributed by atoms with Crippen molar-refractivity contribution in [1.29, 1.82) is 0 Å². The van der Waals surface area contributed by atoms with Crippen molar-refractivity contribution < 1.29 is 4.74 Å². The first-order valence-electron chi connectivity index (χ1n) is 12.3. The number of para-hydroxylation sites is 1. The molecular formula is C25H37N7OS. The number of piperidine rings is 1. The van der Waals surface area contributed by atoms with Crippen LogP contribution in [0.25, 0.3) is 0 Å². The summed E-state index contributed by atoms with van der Waals surface area (Å²) in [4.78, 5) is 16.9. The number of benzene rings is 1. The summed E-state index contributed by atoms with van der Waals surface area (Å²) in [6, 6.07) is 12.8. The van der Waals surface area contributed by atoms with Crippen molar-refractivity contribution in [3.63, 3.8) is 0 Å². The normalized spacial score (nSPS) is 17.1. The van der Waals surface area contributed by atoms with Gasteiger partial charge in [-0.25, -0.2) is 0 Å². The number of thiocarbonyl (C=S) groups is 1. The summed E-state index contributed by atoms with van der Waals surface area (Å²) < 4.78 is 5.11. The van der Waals surface area contributed by atoms with E-state index in [1.54, 1.807) is 7.11 Å². The summed E-state index contributed by atoms with van der Waals surface area (Å²) >= 11 is 5.49. The average molecular weight is 484 g/mol. The molecule has 4 rings (SSSR count). The molecule has 0 saturated carbocycles. The first-order valence-corrected chi connectivity index (χ1v) is 12.8. The number of nitrogens with zero attached hydrogens (tertiary/aromatic N) is 5. The van der Waals surface area contributed by atoms with Crippen LogP contribution in [0.5, 0.6) is 0 Å². The minimum absolute atomic E-state index is 0.542. The molecule has 2 aliphatic rings. The van der Waals surface area contributed by atoms with Crippen LogP contribution >= 0.6 is 12.2 Å². The van der Waals surface area contributed by atoms with Crippen LogP contribution in [0.4, 0.5) is 23.3 Å². The number of nitrogens with one attached hydrogen (secondary N) is 2. The maximum atomic E-state index is 5.49. The van der Waals surface area contributed by atoms with Gasteiger partial charge in [0.2, 0.25) is 5.95 Å². The zero-order valence-corrected chi connectivity index (χ0v) is 21.2. The molecule has 0 radical (unpaired) electrons. The number of ether oxygens (including phenoxy) is 1. The molecular weight excluding hydrogens is 446 g/mol. The molecule has 0 aliphatic carbocycles. The van der Waals surface area contributed by atoms with E-state index in [9.17, 15) is 0 Å². The van der Waals surface area contributed by atoms with Crippen LogP contribution in [0, 0.1) is 5.92 Å². The molecule has 34 heavy (non-hydrogen) atoms. The highest BCUT2D eigenvalue weighted by Crippen LogP contribution is 2.27. The number of aromatic nitrogens is 2. The van der Waals surface area contributed by atoms with E-state index in [4.69, 9.17) is 26.9 Å². The molecule has 2 N–H and O–H groups in total. The van der Waals surface area contributed by atoms with Crippen molar-refractivity contribution in [3.8, 4) is 0 Å². The lowest BCUT2D eigenvalue weighted by molar-refractivity contribution is 0.196. The van der Waals surface area contributed by atoms with Crippen molar-refractivity contribution in [2.45, 2.75) is 26.2 Å². The third-order valence-electron chi connectivity index (χ3n) is 6.57. The highest BCUT2D eigenvalue weighted by Gasteiger charge is 2.23. The standard InChI is InChI=1S/C25H37N7OS/c1-20-9-12-31(13-10-20)22-19-23(28-24(27-22)29-25(34)26-11-6-18-33-2)32-16-14-30(15-17-32)21-7-4-3-5-8-21/h3-5,7-8,19-20H,6,9-18H2,1-2H3,(H2,26,27,28,29,34). The van der Waals surface area contributed by atoms with Crippen LogP contribution in [0.3, 0.4) is 0 Å². The molecule has 3 heterocycles. The Morgan fingerprint density at radius 1 is 0.971 bits per heavy atom. The van der Waals surface area contributed by atoms with E-state index >= 15 is 0 Å². The van der Waals surface area contributed by atoms with Crippen molar-refractivity contribution in [1.82, 2.24) is 15.3 Å². The first-order chi connectivity index (χ1) is 16.6. The molecule has 2 fully saturated rings. The molecule has 2 saturated heterocycles. The third-order valence-corrected chi connectivity index (χ3v) is 6.81. The van der Waals surface area contributed by atoms with Gasteiger partial charge in [-0.3, -0.25) is 0 Å². The lowest BCUT2D eigenvalue weighted by atomic mass is 9.99. The Hall–Kier alpha value is -2.65. The fourth-order valence-electron chi connectivity index (χ4n) is 4.44.